The van der Waals surface area contributed by atoms with E-state index in [1.165, 1.54) is 18.3 Å². The number of amides is 1. The molecule has 0 spiro atoms. The molecule has 114 valence electrons. The van der Waals surface area contributed by atoms with Crippen LogP contribution in [0.1, 0.15) is 15.9 Å². The van der Waals surface area contributed by atoms with Gasteiger partial charge in [-0.3, -0.25) is 4.79 Å². The predicted octanol–water partition coefficient (Wildman–Crippen LogP) is 1.93. The molecule has 2 rings (SSSR count). The van der Waals surface area contributed by atoms with Gasteiger partial charge in [-0.05, 0) is 29.8 Å². The monoisotopic (exact) mass is 299 g/mol. The molecule has 3 N–H and O–H groups in total. The van der Waals surface area contributed by atoms with E-state index in [0.717, 1.165) is 17.3 Å². The van der Waals surface area contributed by atoms with E-state index in [-0.39, 0.29) is 17.1 Å². The zero-order valence-electron chi connectivity index (χ0n) is 12.3. The zero-order valence-corrected chi connectivity index (χ0v) is 12.3. The molecular weight excluding hydrogens is 282 g/mol. The molecule has 1 amide bonds. The zero-order chi connectivity index (χ0) is 16.1. The fourth-order valence-corrected chi connectivity index (χ4v) is 1.81. The highest BCUT2D eigenvalue weighted by Crippen LogP contribution is 2.20. The molecule has 0 aromatic heterocycles. The first-order valence-corrected chi connectivity index (χ1v) is 6.59. The average molecular weight is 299 g/mol. The van der Waals surface area contributed by atoms with Crippen molar-refractivity contribution in [2.24, 2.45) is 5.10 Å². The molecule has 6 nitrogen and oxygen atoms in total. The number of phenolic OH excluding ortho intramolecular Hbond substituents is 2. The molecule has 0 aliphatic heterocycles. The number of hydrazone groups is 1. The van der Waals surface area contributed by atoms with E-state index < -0.39 is 5.91 Å². The molecule has 0 fully saturated rings. The minimum Gasteiger partial charge on any atom is -0.508 e. The van der Waals surface area contributed by atoms with Crippen molar-refractivity contribution < 1.29 is 15.0 Å². The maximum absolute atomic E-state index is 11.8. The highest BCUT2D eigenvalue weighted by Gasteiger charge is 2.07. The summed E-state index contributed by atoms with van der Waals surface area (Å²) in [5, 5.41) is 22.5. The van der Waals surface area contributed by atoms with E-state index in [0.29, 0.717) is 0 Å². The van der Waals surface area contributed by atoms with Gasteiger partial charge in [-0.25, -0.2) is 5.43 Å². The van der Waals surface area contributed by atoms with Crippen LogP contribution in [-0.2, 0) is 0 Å². The maximum Gasteiger partial charge on any atom is 0.271 e. The van der Waals surface area contributed by atoms with E-state index in [9.17, 15) is 15.0 Å². The predicted molar refractivity (Wildman–Crippen MR) is 85.6 cm³/mol. The maximum atomic E-state index is 11.8. The van der Waals surface area contributed by atoms with Gasteiger partial charge in [-0.15, -0.1) is 0 Å². The number of carbonyl (C=O) groups is 1. The summed E-state index contributed by atoms with van der Waals surface area (Å²) in [6, 6.07) is 11.3. The molecule has 0 heterocycles. The van der Waals surface area contributed by atoms with Crippen LogP contribution in [-0.4, -0.2) is 36.4 Å². The van der Waals surface area contributed by atoms with Gasteiger partial charge < -0.3 is 15.1 Å². The standard InChI is InChI=1S/C16H17N3O3/c1-19(2)13-5-3-11(4-6-13)10-17-18-16(22)12-7-14(20)9-15(21)8-12/h3-10,20-21H,1-2H3,(H,18,22)/b17-10-. The van der Waals surface area contributed by atoms with Crippen LogP contribution in [0.3, 0.4) is 0 Å². The van der Waals surface area contributed by atoms with Crippen molar-refractivity contribution in [3.05, 3.63) is 53.6 Å². The van der Waals surface area contributed by atoms with Crippen molar-refractivity contribution in [1.82, 2.24) is 5.43 Å². The first kappa shape index (κ1) is 15.4. The summed E-state index contributed by atoms with van der Waals surface area (Å²) in [7, 11) is 3.90. The largest absolute Gasteiger partial charge is 0.508 e. The molecule has 0 aliphatic rings. The molecule has 22 heavy (non-hydrogen) atoms. The topological polar surface area (TPSA) is 85.2 Å². The Bertz CT molecular complexity index is 674. The molecule has 2 aromatic rings. The number of nitrogens with zero attached hydrogens (tertiary/aromatic N) is 2. The second-order valence-electron chi connectivity index (χ2n) is 4.92. The lowest BCUT2D eigenvalue weighted by atomic mass is 10.2. The van der Waals surface area contributed by atoms with Gasteiger partial charge >= 0.3 is 0 Å². The summed E-state index contributed by atoms with van der Waals surface area (Å²) in [6.45, 7) is 0. The van der Waals surface area contributed by atoms with Gasteiger partial charge in [0.25, 0.3) is 5.91 Å². The SMILES string of the molecule is CN(C)c1ccc(/C=N\NC(=O)c2cc(O)cc(O)c2)cc1. The highest BCUT2D eigenvalue weighted by molar-refractivity contribution is 5.95. The van der Waals surface area contributed by atoms with Crippen molar-refractivity contribution >= 4 is 17.8 Å². The molecule has 6 heteroatoms. The van der Waals surface area contributed by atoms with Crippen molar-refractivity contribution in [3.63, 3.8) is 0 Å². The Morgan fingerprint density at radius 2 is 1.68 bits per heavy atom. The molecule has 0 radical (unpaired) electrons. The molecule has 2 aromatic carbocycles. The minimum atomic E-state index is -0.521. The molecule has 0 saturated heterocycles. The van der Waals surface area contributed by atoms with E-state index >= 15 is 0 Å². The Hall–Kier alpha value is -3.02. The minimum absolute atomic E-state index is 0.123. The molecule has 0 aliphatic carbocycles. The van der Waals surface area contributed by atoms with Crippen molar-refractivity contribution in [3.8, 4) is 11.5 Å². The van der Waals surface area contributed by atoms with E-state index in [2.05, 4.69) is 10.5 Å². The third-order valence-electron chi connectivity index (χ3n) is 2.95. The van der Waals surface area contributed by atoms with Gasteiger partial charge in [-0.1, -0.05) is 12.1 Å². The number of hydrogen-bond donors (Lipinski definition) is 3. The first-order chi connectivity index (χ1) is 10.5. The first-order valence-electron chi connectivity index (χ1n) is 6.59. The Kier molecular flexibility index (Phi) is 4.63. The fraction of sp³-hybridized carbons (Fsp3) is 0.125. The molecule has 0 saturated carbocycles. The van der Waals surface area contributed by atoms with Crippen LogP contribution in [0.4, 0.5) is 5.69 Å². The van der Waals surface area contributed by atoms with Crippen LogP contribution in [0, 0.1) is 0 Å². The Balaban J connectivity index is 2.00. The third kappa shape index (κ3) is 3.99. The fourth-order valence-electron chi connectivity index (χ4n) is 1.81. The van der Waals surface area contributed by atoms with Crippen LogP contribution in [0.25, 0.3) is 0 Å². The summed E-state index contributed by atoms with van der Waals surface area (Å²) in [5.41, 5.74) is 4.36. The molecule has 0 bridgehead atoms. The van der Waals surface area contributed by atoms with Gasteiger partial charge in [0.1, 0.15) is 11.5 Å². The lowest BCUT2D eigenvalue weighted by molar-refractivity contribution is 0.0954. The number of anilines is 1. The van der Waals surface area contributed by atoms with Crippen LogP contribution in [0.2, 0.25) is 0 Å². The number of benzene rings is 2. The summed E-state index contributed by atoms with van der Waals surface area (Å²) in [6.07, 6.45) is 1.51. The number of carbonyl (C=O) groups excluding carboxylic acids is 1. The quantitative estimate of drug-likeness (QED) is 0.595. The summed E-state index contributed by atoms with van der Waals surface area (Å²) >= 11 is 0. The van der Waals surface area contributed by atoms with E-state index in [1.54, 1.807) is 0 Å². The lowest BCUT2D eigenvalue weighted by Crippen LogP contribution is -2.17. The third-order valence-corrected chi connectivity index (χ3v) is 2.95. The number of aromatic hydroxyl groups is 2. The number of phenols is 2. The molecule has 0 unspecified atom stereocenters. The second-order valence-corrected chi connectivity index (χ2v) is 4.92. The highest BCUT2D eigenvalue weighted by atomic mass is 16.3. The Morgan fingerprint density at radius 1 is 1.09 bits per heavy atom. The van der Waals surface area contributed by atoms with Gasteiger partial charge in [0.15, 0.2) is 0 Å². The summed E-state index contributed by atoms with van der Waals surface area (Å²) in [4.78, 5) is 13.8. The Morgan fingerprint density at radius 3 is 2.23 bits per heavy atom. The summed E-state index contributed by atoms with van der Waals surface area (Å²) in [5.74, 6) is -0.894. The van der Waals surface area contributed by atoms with Crippen LogP contribution in [0.5, 0.6) is 11.5 Å². The molecular formula is C16H17N3O3. The molecule has 0 atom stereocenters. The number of rotatable bonds is 4. The van der Waals surface area contributed by atoms with E-state index in [1.807, 2.05) is 43.3 Å². The smallest absolute Gasteiger partial charge is 0.271 e. The van der Waals surface area contributed by atoms with Crippen LogP contribution >= 0.6 is 0 Å². The lowest BCUT2D eigenvalue weighted by Gasteiger charge is -2.11. The second kappa shape index (κ2) is 6.62. The normalized spacial score (nSPS) is 10.6. The summed E-state index contributed by atoms with van der Waals surface area (Å²) < 4.78 is 0. The van der Waals surface area contributed by atoms with Gasteiger partial charge in [0.05, 0.1) is 6.21 Å². The van der Waals surface area contributed by atoms with Crippen LogP contribution < -0.4 is 10.3 Å². The van der Waals surface area contributed by atoms with Crippen molar-refractivity contribution in [2.45, 2.75) is 0 Å². The van der Waals surface area contributed by atoms with Gasteiger partial charge in [0.2, 0.25) is 0 Å². The van der Waals surface area contributed by atoms with Crippen LogP contribution in [0.15, 0.2) is 47.6 Å². The average Bonchev–Trinajstić information content (AvgIpc) is 2.46. The van der Waals surface area contributed by atoms with Gasteiger partial charge in [-0.2, -0.15) is 5.10 Å². The van der Waals surface area contributed by atoms with E-state index in [4.69, 9.17) is 0 Å². The Labute approximate surface area is 128 Å². The van der Waals surface area contributed by atoms with Crippen molar-refractivity contribution in [2.75, 3.05) is 19.0 Å². The van der Waals surface area contributed by atoms with Crippen molar-refractivity contribution in [1.29, 1.82) is 0 Å². The number of nitrogens with one attached hydrogen (secondary N) is 1. The van der Waals surface area contributed by atoms with Gasteiger partial charge in [0, 0.05) is 31.4 Å². The number of hydrogen-bond acceptors (Lipinski definition) is 5.